The summed E-state index contributed by atoms with van der Waals surface area (Å²) in [7, 11) is 0. The minimum absolute atomic E-state index is 0.369. The lowest BCUT2D eigenvalue weighted by atomic mass is 9.95. The number of carbonyl (C=O) groups excluding carboxylic acids is 2. The number of ether oxygens (including phenoxy) is 1. The van der Waals surface area contributed by atoms with E-state index in [1.54, 1.807) is 0 Å². The van der Waals surface area contributed by atoms with E-state index < -0.39 is 11.9 Å². The monoisotopic (exact) mass is 453 g/mol. The van der Waals surface area contributed by atoms with E-state index in [0.717, 1.165) is 38.5 Å². The Kier molecular flexibility index (Phi) is 21.0. The first-order chi connectivity index (χ1) is 15.5. The van der Waals surface area contributed by atoms with E-state index in [9.17, 15) is 9.59 Å². The average Bonchev–Trinajstić information content (AvgIpc) is 2.81. The molecule has 0 saturated heterocycles. The summed E-state index contributed by atoms with van der Waals surface area (Å²) in [6, 6.07) is 0. The smallest absolute Gasteiger partial charge is 0.397 e. The Morgan fingerprint density at radius 3 is 1.50 bits per heavy atom. The highest BCUT2D eigenvalue weighted by molar-refractivity contribution is 6.32. The SMILES string of the molecule is CCCCCCCCCCOC(=O)C(=O)N(CC(CC)CCCC)CC(CC)CCCC. The maximum atomic E-state index is 13.0. The van der Waals surface area contributed by atoms with Gasteiger partial charge in [0.1, 0.15) is 0 Å². The fourth-order valence-corrected chi connectivity index (χ4v) is 4.29. The predicted octanol–water partition coefficient (Wildman–Crippen LogP) is 7.93. The second-order valence-corrected chi connectivity index (χ2v) is 9.65. The van der Waals surface area contributed by atoms with Crippen LogP contribution in [0.5, 0.6) is 0 Å². The maximum absolute atomic E-state index is 13.0. The molecule has 0 aromatic heterocycles. The summed E-state index contributed by atoms with van der Waals surface area (Å²) in [5.41, 5.74) is 0. The molecule has 1 amide bonds. The number of amides is 1. The van der Waals surface area contributed by atoms with Gasteiger partial charge in [-0.15, -0.1) is 0 Å². The second kappa shape index (κ2) is 21.8. The Bertz CT molecular complexity index is 434. The van der Waals surface area contributed by atoms with Crippen molar-refractivity contribution in [2.24, 2.45) is 11.8 Å². The van der Waals surface area contributed by atoms with Crippen LogP contribution in [0.1, 0.15) is 137 Å². The van der Waals surface area contributed by atoms with Gasteiger partial charge in [0.25, 0.3) is 0 Å². The summed E-state index contributed by atoms with van der Waals surface area (Å²) in [6.45, 7) is 12.8. The summed E-state index contributed by atoms with van der Waals surface area (Å²) in [4.78, 5) is 27.4. The van der Waals surface area contributed by atoms with E-state index in [4.69, 9.17) is 4.74 Å². The molecule has 0 bridgehead atoms. The molecule has 0 aliphatic rings. The topological polar surface area (TPSA) is 46.6 Å². The van der Waals surface area contributed by atoms with Crippen LogP contribution in [0.25, 0.3) is 0 Å². The number of hydrogen-bond acceptors (Lipinski definition) is 3. The van der Waals surface area contributed by atoms with Crippen LogP contribution >= 0.6 is 0 Å². The molecule has 0 N–H and O–H groups in total. The summed E-state index contributed by atoms with van der Waals surface area (Å²) in [6.07, 6.45) is 18.6. The summed E-state index contributed by atoms with van der Waals surface area (Å²) >= 11 is 0. The Labute approximate surface area is 200 Å². The van der Waals surface area contributed by atoms with Crippen LogP contribution in [0.2, 0.25) is 0 Å². The van der Waals surface area contributed by atoms with Gasteiger partial charge in [0.15, 0.2) is 0 Å². The Hall–Kier alpha value is -1.06. The van der Waals surface area contributed by atoms with E-state index in [-0.39, 0.29) is 0 Å². The van der Waals surface area contributed by atoms with Crippen LogP contribution in [0.4, 0.5) is 0 Å². The molecule has 4 heteroatoms. The predicted molar refractivity (Wildman–Crippen MR) is 137 cm³/mol. The molecule has 0 aromatic carbocycles. The molecule has 0 aliphatic heterocycles. The van der Waals surface area contributed by atoms with Crippen molar-refractivity contribution in [2.75, 3.05) is 19.7 Å². The van der Waals surface area contributed by atoms with Crippen molar-refractivity contribution in [3.63, 3.8) is 0 Å². The average molecular weight is 454 g/mol. The largest absolute Gasteiger partial charge is 0.459 e. The molecule has 32 heavy (non-hydrogen) atoms. The Balaban J connectivity index is 4.64. The molecule has 2 atom stereocenters. The molecule has 2 unspecified atom stereocenters. The fraction of sp³-hybridized carbons (Fsp3) is 0.929. The molecule has 0 heterocycles. The number of carbonyl (C=O) groups is 2. The third-order valence-electron chi connectivity index (χ3n) is 6.74. The van der Waals surface area contributed by atoms with E-state index in [2.05, 4.69) is 34.6 Å². The number of unbranched alkanes of at least 4 members (excludes halogenated alkanes) is 9. The van der Waals surface area contributed by atoms with Crippen molar-refractivity contribution >= 4 is 11.9 Å². The molecule has 0 saturated carbocycles. The van der Waals surface area contributed by atoms with E-state index in [1.165, 1.54) is 64.2 Å². The molecule has 0 radical (unpaired) electrons. The van der Waals surface area contributed by atoms with Gasteiger partial charge in [-0.1, -0.05) is 118 Å². The van der Waals surface area contributed by atoms with Crippen LogP contribution in [-0.2, 0) is 14.3 Å². The first kappa shape index (κ1) is 30.9. The summed E-state index contributed by atoms with van der Waals surface area (Å²) in [5.74, 6) is -0.149. The highest BCUT2D eigenvalue weighted by Crippen LogP contribution is 2.19. The zero-order valence-corrected chi connectivity index (χ0v) is 22.3. The normalized spacial score (nSPS) is 13.0. The highest BCUT2D eigenvalue weighted by Gasteiger charge is 2.27. The van der Waals surface area contributed by atoms with Gasteiger partial charge in [-0.05, 0) is 31.1 Å². The van der Waals surface area contributed by atoms with Crippen LogP contribution in [0.15, 0.2) is 0 Å². The molecule has 0 fully saturated rings. The maximum Gasteiger partial charge on any atom is 0.397 e. The van der Waals surface area contributed by atoms with Crippen LogP contribution in [0, 0.1) is 11.8 Å². The van der Waals surface area contributed by atoms with Gasteiger partial charge in [0.05, 0.1) is 6.61 Å². The zero-order chi connectivity index (χ0) is 24.0. The molecule has 0 rings (SSSR count). The minimum atomic E-state index is -0.649. The van der Waals surface area contributed by atoms with Gasteiger partial charge in [0.2, 0.25) is 0 Å². The summed E-state index contributed by atoms with van der Waals surface area (Å²) < 4.78 is 5.39. The third kappa shape index (κ3) is 15.7. The zero-order valence-electron chi connectivity index (χ0n) is 22.3. The molecule has 0 aliphatic carbocycles. The van der Waals surface area contributed by atoms with Gasteiger partial charge >= 0.3 is 11.9 Å². The fourth-order valence-electron chi connectivity index (χ4n) is 4.29. The molecular weight excluding hydrogens is 398 g/mol. The third-order valence-corrected chi connectivity index (χ3v) is 6.74. The number of rotatable bonds is 21. The minimum Gasteiger partial charge on any atom is -0.459 e. The van der Waals surface area contributed by atoms with Gasteiger partial charge in [0, 0.05) is 13.1 Å². The number of nitrogens with zero attached hydrogens (tertiary/aromatic N) is 1. The molecule has 190 valence electrons. The van der Waals surface area contributed by atoms with E-state index >= 15 is 0 Å². The van der Waals surface area contributed by atoms with E-state index in [1.807, 2.05) is 4.90 Å². The van der Waals surface area contributed by atoms with Gasteiger partial charge in [-0.25, -0.2) is 4.79 Å². The van der Waals surface area contributed by atoms with Crippen molar-refractivity contribution < 1.29 is 14.3 Å². The standard InChI is InChI=1S/C28H55NO3/c1-6-11-14-15-16-17-18-19-22-32-28(31)27(30)29(23-25(9-4)20-12-7-2)24-26(10-5)21-13-8-3/h25-26H,6-24H2,1-5H3. The number of esters is 1. The lowest BCUT2D eigenvalue weighted by molar-refractivity contribution is -0.161. The van der Waals surface area contributed by atoms with Gasteiger partial charge in [-0.3, -0.25) is 4.79 Å². The second-order valence-electron chi connectivity index (χ2n) is 9.65. The first-order valence-electron chi connectivity index (χ1n) is 14.0. The summed E-state index contributed by atoms with van der Waals surface area (Å²) in [5, 5.41) is 0. The highest BCUT2D eigenvalue weighted by atomic mass is 16.5. The molecule has 4 nitrogen and oxygen atoms in total. The molecule has 0 spiro atoms. The van der Waals surface area contributed by atoms with Gasteiger partial charge in [-0.2, -0.15) is 0 Å². The number of hydrogen-bond donors (Lipinski definition) is 0. The van der Waals surface area contributed by atoms with Crippen molar-refractivity contribution in [1.29, 1.82) is 0 Å². The Morgan fingerprint density at radius 2 is 1.06 bits per heavy atom. The lowest BCUT2D eigenvalue weighted by Crippen LogP contribution is -2.43. The molecular formula is C28H55NO3. The van der Waals surface area contributed by atoms with E-state index in [0.29, 0.717) is 31.5 Å². The van der Waals surface area contributed by atoms with Crippen LogP contribution in [0.3, 0.4) is 0 Å². The van der Waals surface area contributed by atoms with Crippen molar-refractivity contribution in [3.05, 3.63) is 0 Å². The quantitative estimate of drug-likeness (QED) is 0.101. The lowest BCUT2D eigenvalue weighted by Gasteiger charge is -2.30. The Morgan fingerprint density at radius 1 is 0.625 bits per heavy atom. The van der Waals surface area contributed by atoms with Crippen molar-refractivity contribution in [2.45, 2.75) is 137 Å². The van der Waals surface area contributed by atoms with Crippen molar-refractivity contribution in [1.82, 2.24) is 4.90 Å². The van der Waals surface area contributed by atoms with Crippen LogP contribution < -0.4 is 0 Å². The van der Waals surface area contributed by atoms with Crippen LogP contribution in [-0.4, -0.2) is 36.5 Å². The first-order valence-corrected chi connectivity index (χ1v) is 14.0. The van der Waals surface area contributed by atoms with Crippen molar-refractivity contribution in [3.8, 4) is 0 Å². The van der Waals surface area contributed by atoms with Gasteiger partial charge < -0.3 is 9.64 Å². The molecule has 0 aromatic rings.